The molecule has 1 aromatic heterocycles. The zero-order chi connectivity index (χ0) is 25.5. The third-order valence-corrected chi connectivity index (χ3v) is 8.26. The van der Waals surface area contributed by atoms with Crippen LogP contribution in [0.5, 0.6) is 11.5 Å². The summed E-state index contributed by atoms with van der Waals surface area (Å²) in [6, 6.07) is 18.5. The number of halogens is 1. The lowest BCUT2D eigenvalue weighted by Gasteiger charge is -2.14. The number of para-hydroxylation sites is 1. The second-order valence-electron chi connectivity index (χ2n) is 7.14. The number of benzene rings is 3. The Labute approximate surface area is 221 Å². The second kappa shape index (κ2) is 11.7. The molecule has 0 saturated heterocycles. The maximum Gasteiger partial charge on any atom is 0.339 e. The van der Waals surface area contributed by atoms with Crippen LogP contribution in [-0.4, -0.2) is 37.9 Å². The maximum atomic E-state index is 12.6. The van der Waals surface area contributed by atoms with Gasteiger partial charge in [-0.3, -0.25) is 4.79 Å². The van der Waals surface area contributed by atoms with Gasteiger partial charge >= 0.3 is 10.1 Å². The van der Waals surface area contributed by atoms with Gasteiger partial charge in [-0.15, -0.1) is 11.3 Å². The zero-order valence-electron chi connectivity index (χ0n) is 18.9. The van der Waals surface area contributed by atoms with Gasteiger partial charge in [0.2, 0.25) is 5.75 Å². The number of rotatable bonds is 10. The van der Waals surface area contributed by atoms with Crippen molar-refractivity contribution in [3.63, 3.8) is 0 Å². The van der Waals surface area contributed by atoms with Crippen LogP contribution in [-0.2, 0) is 14.9 Å². The summed E-state index contributed by atoms with van der Waals surface area (Å²) in [7, 11) is -4.12. The molecule has 0 bridgehead atoms. The van der Waals surface area contributed by atoms with E-state index in [2.05, 4.69) is 15.5 Å². The van der Waals surface area contributed by atoms with Crippen molar-refractivity contribution >= 4 is 67.2 Å². The van der Waals surface area contributed by atoms with Crippen LogP contribution in [0.15, 0.2) is 81.1 Å². The van der Waals surface area contributed by atoms with Crippen molar-refractivity contribution in [1.82, 2.24) is 10.4 Å². The largest absolute Gasteiger partial charge is 0.490 e. The molecule has 0 fully saturated rings. The van der Waals surface area contributed by atoms with Crippen LogP contribution in [0.3, 0.4) is 0 Å². The number of thiazole rings is 1. The van der Waals surface area contributed by atoms with Gasteiger partial charge in [-0.1, -0.05) is 53.7 Å². The molecular formula is C24H20ClN3O5S3. The minimum absolute atomic E-state index is 0.0133. The van der Waals surface area contributed by atoms with Gasteiger partial charge in [0.1, 0.15) is 4.90 Å². The molecule has 1 heterocycles. The molecule has 12 heteroatoms. The van der Waals surface area contributed by atoms with Gasteiger partial charge in [-0.25, -0.2) is 10.4 Å². The molecule has 0 saturated carbocycles. The Morgan fingerprint density at radius 2 is 1.92 bits per heavy atom. The van der Waals surface area contributed by atoms with E-state index in [-0.39, 0.29) is 39.7 Å². The molecule has 4 aromatic rings. The highest BCUT2D eigenvalue weighted by molar-refractivity contribution is 8.01. The number of hydrogen-bond acceptors (Lipinski definition) is 9. The van der Waals surface area contributed by atoms with Gasteiger partial charge in [0, 0.05) is 0 Å². The molecule has 3 aromatic carbocycles. The molecule has 0 aliphatic rings. The van der Waals surface area contributed by atoms with Crippen molar-refractivity contribution in [1.29, 1.82) is 0 Å². The summed E-state index contributed by atoms with van der Waals surface area (Å²) in [5.41, 5.74) is 3.83. The van der Waals surface area contributed by atoms with Crippen molar-refractivity contribution in [2.24, 2.45) is 5.10 Å². The molecule has 0 spiro atoms. The molecular weight excluding hydrogens is 542 g/mol. The summed E-state index contributed by atoms with van der Waals surface area (Å²) >= 11 is 9.17. The summed E-state index contributed by atoms with van der Waals surface area (Å²) in [6.45, 7) is 1.99. The van der Waals surface area contributed by atoms with E-state index in [1.807, 2.05) is 24.3 Å². The molecule has 0 aliphatic carbocycles. The highest BCUT2D eigenvalue weighted by Crippen LogP contribution is 2.38. The van der Waals surface area contributed by atoms with Gasteiger partial charge in [0.05, 0.1) is 33.8 Å². The van der Waals surface area contributed by atoms with Crippen molar-refractivity contribution in [3.05, 3.63) is 77.3 Å². The van der Waals surface area contributed by atoms with Crippen LogP contribution in [0, 0.1) is 0 Å². The van der Waals surface area contributed by atoms with E-state index < -0.39 is 10.1 Å². The standard InChI is InChI=1S/C24H20ClN3O5S3/c1-2-32-20-13-16(12-18(25)23(20)33-36(30,31)17-8-4-3-5-9-17)14-26-28-22(29)15-34-24-27-19-10-6-7-11-21(19)35-24/h3-14H,2,15H2,1H3,(H,28,29)/b26-14-. The minimum atomic E-state index is -4.12. The molecule has 0 atom stereocenters. The Morgan fingerprint density at radius 3 is 2.67 bits per heavy atom. The van der Waals surface area contributed by atoms with Gasteiger partial charge in [0.15, 0.2) is 10.1 Å². The summed E-state index contributed by atoms with van der Waals surface area (Å²) in [5.74, 6) is -0.160. The first-order chi connectivity index (χ1) is 17.4. The highest BCUT2D eigenvalue weighted by atomic mass is 35.5. The fourth-order valence-corrected chi connectivity index (χ4v) is 6.14. The molecule has 1 amide bonds. The number of nitrogens with one attached hydrogen (secondary N) is 1. The fourth-order valence-electron chi connectivity index (χ4n) is 3.00. The molecule has 0 aliphatic heterocycles. The number of ether oxygens (including phenoxy) is 1. The predicted molar refractivity (Wildman–Crippen MR) is 143 cm³/mol. The predicted octanol–water partition coefficient (Wildman–Crippen LogP) is 5.36. The number of thioether (sulfide) groups is 1. The number of aromatic nitrogens is 1. The van der Waals surface area contributed by atoms with Gasteiger partial charge < -0.3 is 8.92 Å². The van der Waals surface area contributed by atoms with E-state index >= 15 is 0 Å². The second-order valence-corrected chi connectivity index (χ2v) is 11.3. The van der Waals surface area contributed by atoms with E-state index in [1.54, 1.807) is 25.1 Å². The zero-order valence-corrected chi connectivity index (χ0v) is 22.1. The van der Waals surface area contributed by atoms with E-state index in [0.29, 0.717) is 5.56 Å². The summed E-state index contributed by atoms with van der Waals surface area (Å²) in [6.07, 6.45) is 1.38. The number of fused-ring (bicyclic) bond motifs is 1. The van der Waals surface area contributed by atoms with E-state index in [9.17, 15) is 13.2 Å². The molecule has 8 nitrogen and oxygen atoms in total. The van der Waals surface area contributed by atoms with Crippen molar-refractivity contribution < 1.29 is 22.1 Å². The lowest BCUT2D eigenvalue weighted by Crippen LogP contribution is -2.19. The first-order valence-corrected chi connectivity index (χ1v) is 14.2. The fraction of sp³-hybridized carbons (Fsp3) is 0.125. The quantitative estimate of drug-likeness (QED) is 0.120. The lowest BCUT2D eigenvalue weighted by molar-refractivity contribution is -0.118. The Morgan fingerprint density at radius 1 is 1.17 bits per heavy atom. The number of amides is 1. The number of hydrazone groups is 1. The average Bonchev–Trinajstić information content (AvgIpc) is 3.29. The average molecular weight is 562 g/mol. The Balaban J connectivity index is 1.41. The van der Waals surface area contributed by atoms with Crippen LogP contribution < -0.4 is 14.3 Å². The van der Waals surface area contributed by atoms with Gasteiger partial charge in [-0.2, -0.15) is 13.5 Å². The molecule has 186 valence electrons. The van der Waals surface area contributed by atoms with Crippen molar-refractivity contribution in [2.45, 2.75) is 16.2 Å². The van der Waals surface area contributed by atoms with Crippen molar-refractivity contribution in [3.8, 4) is 11.5 Å². The Hall–Kier alpha value is -3.12. The number of hydrogen-bond donors (Lipinski definition) is 1. The van der Waals surface area contributed by atoms with Gasteiger partial charge in [0.25, 0.3) is 5.91 Å². The molecule has 0 radical (unpaired) electrons. The highest BCUT2D eigenvalue weighted by Gasteiger charge is 2.22. The molecule has 0 unspecified atom stereocenters. The maximum absolute atomic E-state index is 12.6. The van der Waals surface area contributed by atoms with Crippen LogP contribution >= 0.6 is 34.7 Å². The first kappa shape index (κ1) is 26.0. The number of carbonyl (C=O) groups excluding carboxylic acids is 1. The SMILES string of the molecule is CCOc1cc(/C=N\NC(=O)CSc2nc3ccccc3s2)cc(Cl)c1OS(=O)(=O)c1ccccc1. The van der Waals surface area contributed by atoms with Crippen LogP contribution in [0.2, 0.25) is 5.02 Å². The Kier molecular flexibility index (Phi) is 8.47. The molecule has 4 rings (SSSR count). The van der Waals surface area contributed by atoms with Gasteiger partial charge in [-0.05, 0) is 48.9 Å². The summed E-state index contributed by atoms with van der Waals surface area (Å²) in [4.78, 5) is 16.7. The number of nitrogens with zero attached hydrogens (tertiary/aromatic N) is 2. The molecule has 1 N–H and O–H groups in total. The van der Waals surface area contributed by atoms with Crippen LogP contribution in [0.1, 0.15) is 12.5 Å². The lowest BCUT2D eigenvalue weighted by atomic mass is 10.2. The monoisotopic (exact) mass is 561 g/mol. The minimum Gasteiger partial charge on any atom is -0.490 e. The van der Waals surface area contributed by atoms with Crippen molar-refractivity contribution in [2.75, 3.05) is 12.4 Å². The first-order valence-electron chi connectivity index (χ1n) is 10.6. The third kappa shape index (κ3) is 6.55. The van der Waals surface area contributed by atoms with Crippen LogP contribution in [0.4, 0.5) is 0 Å². The Bertz CT molecular complexity index is 1480. The topological polar surface area (TPSA) is 107 Å². The third-order valence-electron chi connectivity index (χ3n) is 4.56. The normalized spacial score (nSPS) is 11.6. The number of carbonyl (C=O) groups is 1. The van der Waals surface area contributed by atoms with E-state index in [0.717, 1.165) is 14.6 Å². The summed E-state index contributed by atoms with van der Waals surface area (Å²) in [5, 5.41) is 3.98. The molecule has 36 heavy (non-hydrogen) atoms. The van der Waals surface area contributed by atoms with E-state index in [1.165, 1.54) is 53.6 Å². The van der Waals surface area contributed by atoms with Crippen LogP contribution in [0.25, 0.3) is 10.2 Å². The summed E-state index contributed by atoms with van der Waals surface area (Å²) < 4.78 is 38.0. The van der Waals surface area contributed by atoms with E-state index in [4.69, 9.17) is 20.5 Å². The smallest absolute Gasteiger partial charge is 0.339 e.